The summed E-state index contributed by atoms with van der Waals surface area (Å²) in [4.78, 5) is 8.39. The molecule has 0 saturated heterocycles. The molecule has 0 aliphatic carbocycles. The van der Waals surface area contributed by atoms with Crippen molar-refractivity contribution in [2.45, 2.75) is 16.3 Å². The third kappa shape index (κ3) is 2.21. The van der Waals surface area contributed by atoms with E-state index in [4.69, 9.17) is 5.73 Å². The van der Waals surface area contributed by atoms with E-state index in [1.807, 2.05) is 13.0 Å². The molecule has 0 saturated carbocycles. The highest BCUT2D eigenvalue weighted by Gasteiger charge is 2.03. The average molecular weight is 224 g/mol. The highest BCUT2D eigenvalue weighted by molar-refractivity contribution is 8.00. The Labute approximate surface area is 89.8 Å². The number of nitrogens with two attached hydrogens (primary N) is 1. The summed E-state index contributed by atoms with van der Waals surface area (Å²) in [6.07, 6.45) is 1.69. The zero-order chi connectivity index (χ0) is 9.97. The second-order valence-corrected chi connectivity index (χ2v) is 4.66. The van der Waals surface area contributed by atoms with Crippen molar-refractivity contribution in [1.29, 1.82) is 0 Å². The van der Waals surface area contributed by atoms with Crippen molar-refractivity contribution >= 4 is 29.0 Å². The average Bonchev–Trinajstić information content (AvgIpc) is 2.51. The van der Waals surface area contributed by atoms with Crippen LogP contribution in [0.1, 0.15) is 5.82 Å². The minimum atomic E-state index is 0.712. The van der Waals surface area contributed by atoms with E-state index in [0.717, 1.165) is 15.2 Å². The molecule has 0 aliphatic rings. The van der Waals surface area contributed by atoms with Gasteiger partial charge in [-0.05, 0) is 42.4 Å². The summed E-state index contributed by atoms with van der Waals surface area (Å²) < 4.78 is 4.98. The number of aromatic nitrogens is 3. The summed E-state index contributed by atoms with van der Waals surface area (Å²) in [7, 11) is 0. The smallest absolute Gasteiger partial charge is 0.176 e. The van der Waals surface area contributed by atoms with Gasteiger partial charge in [0.2, 0.25) is 0 Å². The Kier molecular flexibility index (Phi) is 2.64. The topological polar surface area (TPSA) is 64.7 Å². The van der Waals surface area contributed by atoms with Gasteiger partial charge in [-0.3, -0.25) is 0 Å². The predicted octanol–water partition coefficient (Wildman–Crippen LogP) is 1.97. The van der Waals surface area contributed by atoms with Crippen molar-refractivity contribution in [2.75, 3.05) is 5.73 Å². The number of rotatable bonds is 2. The van der Waals surface area contributed by atoms with E-state index in [-0.39, 0.29) is 0 Å². The van der Waals surface area contributed by atoms with Crippen LogP contribution in [0.3, 0.4) is 0 Å². The van der Waals surface area contributed by atoms with Gasteiger partial charge in [0.05, 0.1) is 0 Å². The molecule has 2 heterocycles. The van der Waals surface area contributed by atoms with Crippen LogP contribution in [0.4, 0.5) is 5.69 Å². The Morgan fingerprint density at radius 2 is 2.36 bits per heavy atom. The first-order chi connectivity index (χ1) is 6.74. The quantitative estimate of drug-likeness (QED) is 0.845. The molecule has 6 heteroatoms. The normalized spacial score (nSPS) is 10.4. The third-order valence-electron chi connectivity index (χ3n) is 1.46. The first-order valence-corrected chi connectivity index (χ1v) is 5.53. The van der Waals surface area contributed by atoms with Gasteiger partial charge in [-0.2, -0.15) is 4.37 Å². The van der Waals surface area contributed by atoms with Crippen LogP contribution in [0, 0.1) is 6.92 Å². The highest BCUT2D eigenvalue weighted by Crippen LogP contribution is 2.27. The molecule has 0 spiro atoms. The summed E-state index contributed by atoms with van der Waals surface area (Å²) in [5.41, 5.74) is 6.34. The van der Waals surface area contributed by atoms with Crippen molar-refractivity contribution in [3.63, 3.8) is 0 Å². The Balaban J connectivity index is 2.18. The number of hydrogen-bond donors (Lipinski definition) is 1. The van der Waals surface area contributed by atoms with Gasteiger partial charge in [0, 0.05) is 11.9 Å². The van der Waals surface area contributed by atoms with E-state index < -0.39 is 0 Å². The van der Waals surface area contributed by atoms with E-state index >= 15 is 0 Å². The number of hydrogen-bond acceptors (Lipinski definition) is 6. The second-order valence-electron chi connectivity index (χ2n) is 2.64. The fraction of sp³-hybridized carbons (Fsp3) is 0.125. The Bertz CT molecular complexity index is 440. The first-order valence-electron chi connectivity index (χ1n) is 3.94. The standard InChI is InChI=1S/C8H8N4S2/c1-5-11-8(14-12-5)13-7-4-6(9)2-3-10-7/h2-4H,1H3,(H2,9,10). The van der Waals surface area contributed by atoms with Crippen LogP contribution in [0.2, 0.25) is 0 Å². The van der Waals surface area contributed by atoms with Crippen molar-refractivity contribution in [1.82, 2.24) is 14.3 Å². The van der Waals surface area contributed by atoms with Crippen LogP contribution in [-0.4, -0.2) is 14.3 Å². The van der Waals surface area contributed by atoms with Crippen molar-refractivity contribution in [3.05, 3.63) is 24.2 Å². The number of nitrogens with zero attached hydrogens (tertiary/aromatic N) is 3. The molecule has 0 fully saturated rings. The SMILES string of the molecule is Cc1nsc(Sc2cc(N)ccn2)n1. The molecular weight excluding hydrogens is 216 g/mol. The minimum Gasteiger partial charge on any atom is -0.399 e. The number of pyridine rings is 1. The van der Waals surface area contributed by atoms with Crippen LogP contribution in [-0.2, 0) is 0 Å². The lowest BCUT2D eigenvalue weighted by atomic mass is 10.4. The molecule has 0 amide bonds. The summed E-state index contributed by atoms with van der Waals surface area (Å²) in [5.74, 6) is 0.793. The van der Waals surface area contributed by atoms with E-state index in [1.54, 1.807) is 12.3 Å². The lowest BCUT2D eigenvalue weighted by Gasteiger charge is -1.96. The Morgan fingerprint density at radius 1 is 1.50 bits per heavy atom. The number of aryl methyl sites for hydroxylation is 1. The molecule has 0 unspecified atom stereocenters. The zero-order valence-electron chi connectivity index (χ0n) is 7.47. The Hall–Kier alpha value is -1.14. The monoisotopic (exact) mass is 224 g/mol. The third-order valence-corrected chi connectivity index (χ3v) is 3.23. The van der Waals surface area contributed by atoms with Crippen LogP contribution in [0.5, 0.6) is 0 Å². The van der Waals surface area contributed by atoms with E-state index in [0.29, 0.717) is 5.69 Å². The lowest BCUT2D eigenvalue weighted by Crippen LogP contribution is -1.86. The summed E-state index contributed by atoms with van der Waals surface area (Å²) in [5, 5.41) is 0.848. The number of nitrogen functional groups attached to an aromatic ring is 1. The van der Waals surface area contributed by atoms with E-state index in [9.17, 15) is 0 Å². The van der Waals surface area contributed by atoms with Crippen molar-refractivity contribution in [2.24, 2.45) is 0 Å². The predicted molar refractivity (Wildman–Crippen MR) is 57.4 cm³/mol. The molecule has 72 valence electrons. The maximum Gasteiger partial charge on any atom is 0.176 e. The molecule has 0 bridgehead atoms. The molecule has 0 aromatic carbocycles. The van der Waals surface area contributed by atoms with Crippen LogP contribution >= 0.6 is 23.3 Å². The van der Waals surface area contributed by atoms with Gasteiger partial charge in [-0.1, -0.05) is 0 Å². The summed E-state index contributed by atoms with van der Waals surface area (Å²) in [6.45, 7) is 1.87. The van der Waals surface area contributed by atoms with Crippen LogP contribution < -0.4 is 5.73 Å². The minimum absolute atomic E-state index is 0.712. The zero-order valence-corrected chi connectivity index (χ0v) is 9.10. The largest absolute Gasteiger partial charge is 0.399 e. The maximum absolute atomic E-state index is 5.63. The first kappa shape index (κ1) is 9.42. The molecular formula is C8H8N4S2. The molecule has 2 N–H and O–H groups in total. The van der Waals surface area contributed by atoms with E-state index in [1.165, 1.54) is 23.3 Å². The molecule has 0 atom stereocenters. The van der Waals surface area contributed by atoms with Gasteiger partial charge in [0.25, 0.3) is 0 Å². The van der Waals surface area contributed by atoms with E-state index in [2.05, 4.69) is 14.3 Å². The highest BCUT2D eigenvalue weighted by atomic mass is 32.2. The molecule has 14 heavy (non-hydrogen) atoms. The van der Waals surface area contributed by atoms with Gasteiger partial charge < -0.3 is 5.73 Å². The summed E-state index contributed by atoms with van der Waals surface area (Å²) >= 11 is 2.85. The van der Waals surface area contributed by atoms with Gasteiger partial charge in [-0.25, -0.2) is 9.97 Å². The number of anilines is 1. The summed E-state index contributed by atoms with van der Waals surface area (Å²) in [6, 6.07) is 3.58. The van der Waals surface area contributed by atoms with Crippen LogP contribution in [0.15, 0.2) is 27.7 Å². The molecule has 2 aromatic rings. The van der Waals surface area contributed by atoms with Crippen LogP contribution in [0.25, 0.3) is 0 Å². The molecule has 2 aromatic heterocycles. The van der Waals surface area contributed by atoms with Crippen molar-refractivity contribution < 1.29 is 0 Å². The molecule has 2 rings (SSSR count). The lowest BCUT2D eigenvalue weighted by molar-refractivity contribution is 1.09. The van der Waals surface area contributed by atoms with Gasteiger partial charge in [-0.15, -0.1) is 0 Å². The fourth-order valence-corrected chi connectivity index (χ4v) is 2.50. The van der Waals surface area contributed by atoms with Gasteiger partial charge in [0.1, 0.15) is 10.9 Å². The fourth-order valence-electron chi connectivity index (χ4n) is 0.890. The second kappa shape index (κ2) is 3.93. The van der Waals surface area contributed by atoms with Gasteiger partial charge >= 0.3 is 0 Å². The van der Waals surface area contributed by atoms with Gasteiger partial charge in [0.15, 0.2) is 4.34 Å². The molecule has 0 radical (unpaired) electrons. The maximum atomic E-state index is 5.63. The van der Waals surface area contributed by atoms with Crippen molar-refractivity contribution in [3.8, 4) is 0 Å². The Morgan fingerprint density at radius 3 is 3.00 bits per heavy atom. The molecule has 4 nitrogen and oxygen atoms in total. The molecule has 0 aliphatic heterocycles.